The normalized spacial score (nSPS) is 11.3. The van der Waals surface area contributed by atoms with Crippen molar-refractivity contribution in [3.05, 3.63) is 30.1 Å². The van der Waals surface area contributed by atoms with Gasteiger partial charge in [0.15, 0.2) is 0 Å². The summed E-state index contributed by atoms with van der Waals surface area (Å²) in [6.07, 6.45) is 3.01. The van der Waals surface area contributed by atoms with Crippen LogP contribution in [0.5, 0.6) is 0 Å². The Morgan fingerprint density at radius 1 is 1.33 bits per heavy atom. The van der Waals surface area contributed by atoms with E-state index < -0.39 is 0 Å². The molecule has 1 aromatic heterocycles. The molecule has 0 bridgehead atoms. The number of pyridine rings is 1. The third-order valence-corrected chi connectivity index (χ3v) is 1.81. The highest BCUT2D eigenvalue weighted by atomic mass is 14.7. The molecule has 0 amide bonds. The van der Waals surface area contributed by atoms with Crippen LogP contribution in [0.25, 0.3) is 0 Å². The van der Waals surface area contributed by atoms with Gasteiger partial charge in [0.2, 0.25) is 0 Å². The van der Waals surface area contributed by atoms with Gasteiger partial charge in [-0.1, -0.05) is 33.8 Å². The SMILES string of the molecule is CC.CC[C@@H](C)c1ccccn1. The first-order valence-corrected chi connectivity index (χ1v) is 4.75. The largest absolute Gasteiger partial charge is 0.261 e. The van der Waals surface area contributed by atoms with E-state index in [2.05, 4.69) is 24.9 Å². The molecule has 1 aromatic rings. The number of nitrogens with zero attached hydrogens (tertiary/aromatic N) is 1. The molecule has 0 aromatic carbocycles. The second-order valence-corrected chi connectivity index (χ2v) is 2.56. The molecule has 0 radical (unpaired) electrons. The van der Waals surface area contributed by atoms with Crippen LogP contribution in [0.15, 0.2) is 24.4 Å². The minimum atomic E-state index is 0.598. The van der Waals surface area contributed by atoms with E-state index in [9.17, 15) is 0 Å². The van der Waals surface area contributed by atoms with Gasteiger partial charge in [-0.05, 0) is 24.5 Å². The topological polar surface area (TPSA) is 12.9 Å². The molecule has 1 atom stereocenters. The van der Waals surface area contributed by atoms with E-state index in [-0.39, 0.29) is 0 Å². The second kappa shape index (κ2) is 6.84. The summed E-state index contributed by atoms with van der Waals surface area (Å²) in [7, 11) is 0. The Morgan fingerprint density at radius 3 is 2.42 bits per heavy atom. The molecular weight excluding hydrogens is 146 g/mol. The van der Waals surface area contributed by atoms with Crippen molar-refractivity contribution in [2.45, 2.75) is 40.0 Å². The van der Waals surface area contributed by atoms with Gasteiger partial charge in [-0.2, -0.15) is 0 Å². The zero-order valence-corrected chi connectivity index (χ0v) is 8.54. The molecule has 0 spiro atoms. The lowest BCUT2D eigenvalue weighted by Crippen LogP contribution is -1.93. The van der Waals surface area contributed by atoms with Crippen LogP contribution in [0.4, 0.5) is 0 Å². The highest BCUT2D eigenvalue weighted by Gasteiger charge is 2.00. The summed E-state index contributed by atoms with van der Waals surface area (Å²) < 4.78 is 0. The quantitative estimate of drug-likeness (QED) is 0.652. The molecule has 0 aliphatic rings. The number of aromatic nitrogens is 1. The van der Waals surface area contributed by atoms with E-state index in [1.165, 1.54) is 5.69 Å². The number of hydrogen-bond acceptors (Lipinski definition) is 1. The molecule has 1 rings (SSSR count). The average Bonchev–Trinajstić information content (AvgIpc) is 2.21. The van der Waals surface area contributed by atoms with Gasteiger partial charge in [0.05, 0.1) is 0 Å². The summed E-state index contributed by atoms with van der Waals surface area (Å²) in [6.45, 7) is 8.38. The first-order valence-electron chi connectivity index (χ1n) is 4.75. The summed E-state index contributed by atoms with van der Waals surface area (Å²) in [5.41, 5.74) is 1.20. The van der Waals surface area contributed by atoms with Crippen molar-refractivity contribution in [3.8, 4) is 0 Å². The molecular formula is C11H19N. The fourth-order valence-corrected chi connectivity index (χ4v) is 0.877. The van der Waals surface area contributed by atoms with Crippen LogP contribution in [0.1, 0.15) is 45.7 Å². The molecule has 1 heteroatoms. The van der Waals surface area contributed by atoms with Crippen molar-refractivity contribution in [1.29, 1.82) is 0 Å². The van der Waals surface area contributed by atoms with Crippen LogP contribution in [-0.4, -0.2) is 4.98 Å². The van der Waals surface area contributed by atoms with E-state index in [0.29, 0.717) is 5.92 Å². The lowest BCUT2D eigenvalue weighted by Gasteiger charge is -2.05. The maximum Gasteiger partial charge on any atom is 0.0431 e. The summed E-state index contributed by atoms with van der Waals surface area (Å²) in [6, 6.07) is 6.06. The number of hydrogen-bond donors (Lipinski definition) is 0. The zero-order chi connectivity index (χ0) is 9.40. The monoisotopic (exact) mass is 165 g/mol. The van der Waals surface area contributed by atoms with Crippen LogP contribution in [0.2, 0.25) is 0 Å². The van der Waals surface area contributed by atoms with Crippen molar-refractivity contribution in [2.75, 3.05) is 0 Å². The second-order valence-electron chi connectivity index (χ2n) is 2.56. The molecule has 68 valence electrons. The third kappa shape index (κ3) is 3.51. The van der Waals surface area contributed by atoms with Gasteiger partial charge in [0.25, 0.3) is 0 Å². The van der Waals surface area contributed by atoms with Gasteiger partial charge in [0.1, 0.15) is 0 Å². The Hall–Kier alpha value is -0.850. The Morgan fingerprint density at radius 2 is 2.00 bits per heavy atom. The Balaban J connectivity index is 0.000000561. The Kier molecular flexibility index (Phi) is 6.35. The highest BCUT2D eigenvalue weighted by Crippen LogP contribution is 2.14. The van der Waals surface area contributed by atoms with Crippen molar-refractivity contribution < 1.29 is 0 Å². The van der Waals surface area contributed by atoms with Gasteiger partial charge in [-0.25, -0.2) is 0 Å². The van der Waals surface area contributed by atoms with Gasteiger partial charge >= 0.3 is 0 Å². The van der Waals surface area contributed by atoms with Crippen LogP contribution >= 0.6 is 0 Å². The fourth-order valence-electron chi connectivity index (χ4n) is 0.877. The summed E-state index contributed by atoms with van der Waals surface area (Å²) in [5.74, 6) is 0.598. The highest BCUT2D eigenvalue weighted by molar-refractivity contribution is 5.07. The third-order valence-electron chi connectivity index (χ3n) is 1.81. The van der Waals surface area contributed by atoms with Crippen LogP contribution in [0.3, 0.4) is 0 Å². The van der Waals surface area contributed by atoms with Crippen LogP contribution < -0.4 is 0 Å². The molecule has 0 N–H and O–H groups in total. The van der Waals surface area contributed by atoms with Gasteiger partial charge in [-0.3, -0.25) is 4.98 Å². The molecule has 0 saturated heterocycles. The predicted molar refractivity (Wildman–Crippen MR) is 54.3 cm³/mol. The minimum Gasteiger partial charge on any atom is -0.261 e. The number of rotatable bonds is 2. The predicted octanol–water partition coefficient (Wildman–Crippen LogP) is 3.62. The lowest BCUT2D eigenvalue weighted by molar-refractivity contribution is 0.708. The van der Waals surface area contributed by atoms with Crippen LogP contribution in [-0.2, 0) is 0 Å². The molecule has 0 aliphatic carbocycles. The van der Waals surface area contributed by atoms with Crippen molar-refractivity contribution >= 4 is 0 Å². The smallest absolute Gasteiger partial charge is 0.0431 e. The standard InChI is InChI=1S/C9H13N.C2H6/c1-3-8(2)9-6-4-5-7-10-9;1-2/h4-8H,3H2,1-2H3;1-2H3/t8-;/m1./s1. The molecule has 0 saturated carbocycles. The summed E-state index contributed by atoms with van der Waals surface area (Å²) in [4.78, 5) is 4.25. The average molecular weight is 165 g/mol. The van der Waals surface area contributed by atoms with Gasteiger partial charge < -0.3 is 0 Å². The van der Waals surface area contributed by atoms with Crippen molar-refractivity contribution in [1.82, 2.24) is 4.98 Å². The molecule has 1 heterocycles. The van der Waals surface area contributed by atoms with E-state index in [4.69, 9.17) is 0 Å². The summed E-state index contributed by atoms with van der Waals surface area (Å²) in [5, 5.41) is 0. The zero-order valence-electron chi connectivity index (χ0n) is 8.54. The van der Waals surface area contributed by atoms with Crippen molar-refractivity contribution in [3.63, 3.8) is 0 Å². The maximum absolute atomic E-state index is 4.25. The van der Waals surface area contributed by atoms with E-state index in [1.807, 2.05) is 32.2 Å². The first-order chi connectivity index (χ1) is 5.84. The van der Waals surface area contributed by atoms with E-state index >= 15 is 0 Å². The van der Waals surface area contributed by atoms with E-state index in [0.717, 1.165) is 6.42 Å². The van der Waals surface area contributed by atoms with Crippen molar-refractivity contribution in [2.24, 2.45) is 0 Å². The molecule has 0 unspecified atom stereocenters. The lowest BCUT2D eigenvalue weighted by atomic mass is 10.1. The first kappa shape index (κ1) is 11.2. The minimum absolute atomic E-state index is 0.598. The van der Waals surface area contributed by atoms with Crippen LogP contribution in [0, 0.1) is 0 Å². The maximum atomic E-state index is 4.25. The molecule has 0 aliphatic heterocycles. The Bertz CT molecular complexity index is 181. The van der Waals surface area contributed by atoms with Gasteiger partial charge in [0, 0.05) is 11.9 Å². The molecule has 12 heavy (non-hydrogen) atoms. The van der Waals surface area contributed by atoms with E-state index in [1.54, 1.807) is 0 Å². The Labute approximate surface area is 75.8 Å². The fraction of sp³-hybridized carbons (Fsp3) is 0.545. The summed E-state index contributed by atoms with van der Waals surface area (Å²) >= 11 is 0. The molecule has 1 nitrogen and oxygen atoms in total. The molecule has 0 fully saturated rings. The van der Waals surface area contributed by atoms with Gasteiger partial charge in [-0.15, -0.1) is 0 Å².